The topological polar surface area (TPSA) is 69.0 Å². The van der Waals surface area contributed by atoms with Gasteiger partial charge in [0.1, 0.15) is 6.54 Å². The molecule has 0 atom stereocenters. The number of sulfone groups is 1. The Bertz CT molecular complexity index is 1030. The molecule has 2 aromatic rings. The zero-order valence-electron chi connectivity index (χ0n) is 15.8. The molecule has 1 saturated carbocycles. The van der Waals surface area contributed by atoms with Crippen LogP contribution < -0.4 is 5.56 Å². The van der Waals surface area contributed by atoms with E-state index in [1.807, 2.05) is 0 Å². The van der Waals surface area contributed by atoms with E-state index in [2.05, 4.69) is 5.10 Å². The van der Waals surface area contributed by atoms with Gasteiger partial charge in [0.2, 0.25) is 0 Å². The van der Waals surface area contributed by atoms with Crippen molar-refractivity contribution in [2.75, 3.05) is 6.26 Å². The van der Waals surface area contributed by atoms with Crippen LogP contribution in [0.2, 0.25) is 0 Å². The molecule has 158 valence electrons. The van der Waals surface area contributed by atoms with Gasteiger partial charge in [0, 0.05) is 17.1 Å². The summed E-state index contributed by atoms with van der Waals surface area (Å²) < 4.78 is 62.3. The Kier molecular flexibility index (Phi) is 6.42. The Morgan fingerprint density at radius 2 is 1.76 bits per heavy atom. The van der Waals surface area contributed by atoms with Crippen molar-refractivity contribution in [2.45, 2.75) is 59.9 Å². The zero-order chi connectivity index (χ0) is 21.2. The number of aromatic nitrogens is 2. The molecule has 0 spiro atoms. The highest BCUT2D eigenvalue weighted by Gasteiger charge is 2.30. The van der Waals surface area contributed by atoms with Gasteiger partial charge in [0.05, 0.1) is 16.0 Å². The van der Waals surface area contributed by atoms with Gasteiger partial charge in [-0.3, -0.25) is 4.79 Å². The van der Waals surface area contributed by atoms with Crippen LogP contribution in [0.5, 0.6) is 0 Å². The van der Waals surface area contributed by atoms with E-state index in [0.717, 1.165) is 38.4 Å². The maximum Gasteiger partial charge on any atom is 0.408 e. The molecule has 0 radical (unpaired) electrons. The lowest BCUT2D eigenvalue weighted by Crippen LogP contribution is -2.31. The summed E-state index contributed by atoms with van der Waals surface area (Å²) in [6.45, 7) is -1.45. The minimum Gasteiger partial charge on any atom is -0.266 e. The summed E-state index contributed by atoms with van der Waals surface area (Å²) in [5.74, 6) is 0. The number of alkyl halides is 3. The van der Waals surface area contributed by atoms with Crippen molar-refractivity contribution >= 4 is 21.6 Å². The molecular formula is C19H21F3N2O3S2. The van der Waals surface area contributed by atoms with E-state index in [4.69, 9.17) is 0 Å². The summed E-state index contributed by atoms with van der Waals surface area (Å²) in [6.07, 6.45) is 2.76. The Labute approximate surface area is 171 Å². The van der Waals surface area contributed by atoms with E-state index in [9.17, 15) is 26.4 Å². The standard InChI is InChI=1S/C19H21F3N2O3S2/c1-29(26,27)15-9-7-13(8-10-15)16-11-23-24(12-19(20,21)22)18(25)17(16)28-14-5-3-2-4-6-14/h7-11,14H,2-6,12H2,1H3. The summed E-state index contributed by atoms with van der Waals surface area (Å²) in [6, 6.07) is 5.93. The van der Waals surface area contributed by atoms with E-state index in [1.54, 1.807) is 12.1 Å². The SMILES string of the molecule is CS(=O)(=O)c1ccc(-c2cnn(CC(F)(F)F)c(=O)c2SC2CCCCC2)cc1. The average Bonchev–Trinajstić information content (AvgIpc) is 2.64. The number of halogens is 3. The maximum atomic E-state index is 12.8. The van der Waals surface area contributed by atoms with Gasteiger partial charge in [-0.1, -0.05) is 31.4 Å². The van der Waals surface area contributed by atoms with E-state index in [-0.39, 0.29) is 15.0 Å². The Hall–Kier alpha value is -1.81. The molecule has 1 fully saturated rings. The first-order valence-electron chi connectivity index (χ1n) is 9.18. The second kappa shape index (κ2) is 8.51. The molecule has 1 aliphatic rings. The molecule has 1 aromatic heterocycles. The fourth-order valence-electron chi connectivity index (χ4n) is 3.30. The number of rotatable bonds is 5. The molecule has 0 unspecified atom stereocenters. The summed E-state index contributed by atoms with van der Waals surface area (Å²) in [7, 11) is -3.38. The molecule has 3 rings (SSSR count). The van der Waals surface area contributed by atoms with Crippen molar-refractivity contribution in [3.05, 3.63) is 40.8 Å². The molecule has 29 heavy (non-hydrogen) atoms. The second-order valence-electron chi connectivity index (χ2n) is 7.14. The smallest absolute Gasteiger partial charge is 0.266 e. The monoisotopic (exact) mass is 446 g/mol. The molecule has 0 saturated heterocycles. The number of nitrogens with zero attached hydrogens (tertiary/aromatic N) is 2. The van der Waals surface area contributed by atoms with E-state index in [0.29, 0.717) is 15.8 Å². The zero-order valence-corrected chi connectivity index (χ0v) is 17.4. The fourth-order valence-corrected chi connectivity index (χ4v) is 5.34. The van der Waals surface area contributed by atoms with Gasteiger partial charge in [-0.2, -0.15) is 18.3 Å². The highest BCUT2D eigenvalue weighted by atomic mass is 32.2. The first kappa shape index (κ1) is 21.9. The van der Waals surface area contributed by atoms with Crippen LogP contribution >= 0.6 is 11.8 Å². The number of thioether (sulfide) groups is 1. The molecule has 10 heteroatoms. The molecule has 5 nitrogen and oxygen atoms in total. The predicted molar refractivity (Wildman–Crippen MR) is 106 cm³/mol. The molecule has 0 aliphatic heterocycles. The van der Waals surface area contributed by atoms with Crippen molar-refractivity contribution in [3.8, 4) is 11.1 Å². The average molecular weight is 447 g/mol. The van der Waals surface area contributed by atoms with Gasteiger partial charge in [-0.05, 0) is 30.5 Å². The lowest BCUT2D eigenvalue weighted by Gasteiger charge is -2.22. The molecule has 1 aromatic carbocycles. The van der Waals surface area contributed by atoms with Crippen molar-refractivity contribution in [1.82, 2.24) is 9.78 Å². The normalized spacial score (nSPS) is 16.1. The lowest BCUT2D eigenvalue weighted by atomic mass is 10.0. The first-order valence-corrected chi connectivity index (χ1v) is 12.0. The summed E-state index contributed by atoms with van der Waals surface area (Å²) in [5.41, 5.74) is 0.186. The molecular weight excluding hydrogens is 425 g/mol. The Morgan fingerprint density at radius 1 is 1.14 bits per heavy atom. The molecule has 1 heterocycles. The minimum atomic E-state index is -4.55. The summed E-state index contributed by atoms with van der Waals surface area (Å²) in [5, 5.41) is 3.88. The summed E-state index contributed by atoms with van der Waals surface area (Å²) >= 11 is 1.30. The second-order valence-corrected chi connectivity index (χ2v) is 10.5. The van der Waals surface area contributed by atoms with Gasteiger partial charge in [0.25, 0.3) is 5.56 Å². The molecule has 1 aliphatic carbocycles. The largest absolute Gasteiger partial charge is 0.408 e. The van der Waals surface area contributed by atoms with Gasteiger partial charge in [-0.15, -0.1) is 11.8 Å². The van der Waals surface area contributed by atoms with Crippen LogP contribution in [0.15, 0.2) is 45.0 Å². The fraction of sp³-hybridized carbons (Fsp3) is 0.474. The van der Waals surface area contributed by atoms with Gasteiger partial charge in [-0.25, -0.2) is 13.1 Å². The first-order chi connectivity index (χ1) is 13.5. The van der Waals surface area contributed by atoms with Gasteiger partial charge in [0.15, 0.2) is 9.84 Å². The number of hydrogen-bond donors (Lipinski definition) is 0. The van der Waals surface area contributed by atoms with Crippen molar-refractivity contribution in [2.24, 2.45) is 0 Å². The quantitative estimate of drug-likeness (QED) is 0.685. The summed E-state index contributed by atoms with van der Waals surface area (Å²) in [4.78, 5) is 13.2. The molecule has 0 bridgehead atoms. The lowest BCUT2D eigenvalue weighted by molar-refractivity contribution is -0.143. The third kappa shape index (κ3) is 5.63. The Balaban J connectivity index is 2.05. The van der Waals surface area contributed by atoms with E-state index >= 15 is 0 Å². The third-order valence-electron chi connectivity index (χ3n) is 4.76. The van der Waals surface area contributed by atoms with Crippen LogP contribution in [0.25, 0.3) is 11.1 Å². The van der Waals surface area contributed by atoms with Gasteiger partial charge >= 0.3 is 6.18 Å². The van der Waals surface area contributed by atoms with Crippen molar-refractivity contribution < 1.29 is 21.6 Å². The highest BCUT2D eigenvalue weighted by Crippen LogP contribution is 2.37. The number of hydrogen-bond acceptors (Lipinski definition) is 5. The predicted octanol–water partition coefficient (Wildman–Crippen LogP) is 4.30. The van der Waals surface area contributed by atoms with Crippen LogP contribution in [0.4, 0.5) is 13.2 Å². The highest BCUT2D eigenvalue weighted by molar-refractivity contribution is 8.00. The minimum absolute atomic E-state index is 0.126. The van der Waals surface area contributed by atoms with Crippen molar-refractivity contribution in [1.29, 1.82) is 0 Å². The van der Waals surface area contributed by atoms with Crippen LogP contribution in [-0.4, -0.2) is 35.9 Å². The third-order valence-corrected chi connectivity index (χ3v) is 7.32. The van der Waals surface area contributed by atoms with Crippen LogP contribution in [-0.2, 0) is 16.4 Å². The van der Waals surface area contributed by atoms with Gasteiger partial charge < -0.3 is 0 Å². The molecule has 0 amide bonds. The Morgan fingerprint density at radius 3 is 2.31 bits per heavy atom. The van der Waals surface area contributed by atoms with Crippen LogP contribution in [0.1, 0.15) is 32.1 Å². The van der Waals surface area contributed by atoms with E-state index in [1.165, 1.54) is 30.1 Å². The van der Waals surface area contributed by atoms with Crippen molar-refractivity contribution in [3.63, 3.8) is 0 Å². The van der Waals surface area contributed by atoms with Crippen LogP contribution in [0.3, 0.4) is 0 Å². The number of benzene rings is 1. The molecule has 0 N–H and O–H groups in total. The van der Waals surface area contributed by atoms with E-state index < -0.39 is 28.1 Å². The van der Waals surface area contributed by atoms with Crippen LogP contribution in [0, 0.1) is 0 Å². The maximum absolute atomic E-state index is 12.8.